The molecule has 0 bridgehead atoms. The topological polar surface area (TPSA) is 64.1 Å². The van der Waals surface area contributed by atoms with Crippen molar-refractivity contribution in [2.75, 3.05) is 6.54 Å². The fraction of sp³-hybridized carbons (Fsp3) is 0.522. The molecule has 0 spiro atoms. The van der Waals surface area contributed by atoms with E-state index in [4.69, 9.17) is 4.74 Å². The average Bonchev–Trinajstić information content (AvgIpc) is 2.75. The summed E-state index contributed by atoms with van der Waals surface area (Å²) in [5, 5.41) is 3.30. The molecule has 1 N–H and O–H groups in total. The third-order valence-corrected chi connectivity index (χ3v) is 5.31. The Labute approximate surface area is 167 Å². The molecule has 0 radical (unpaired) electrons. The standard InChI is InChI=1S/C23H31N3O2/c27-23(22-13-1-2-16-26-22)28-21(11-3-7-19-9-5-14-24-17-19)12-4-8-20-10-6-15-25-18-20/h5-6,9-10,14-15,17-18,21-22,26H,1-4,7-8,11-13,16H2/t22-/m0/s1. The van der Waals surface area contributed by atoms with Crippen LogP contribution in [0.5, 0.6) is 0 Å². The molecule has 0 saturated carbocycles. The molecule has 1 fully saturated rings. The average molecular weight is 382 g/mol. The van der Waals surface area contributed by atoms with Crippen molar-refractivity contribution in [1.29, 1.82) is 0 Å². The molecule has 3 rings (SSSR count). The lowest BCUT2D eigenvalue weighted by Crippen LogP contribution is -2.42. The fourth-order valence-corrected chi connectivity index (χ4v) is 3.72. The summed E-state index contributed by atoms with van der Waals surface area (Å²) in [4.78, 5) is 20.9. The molecule has 2 aromatic rings. The van der Waals surface area contributed by atoms with Crippen molar-refractivity contribution in [2.45, 2.75) is 69.9 Å². The molecule has 28 heavy (non-hydrogen) atoms. The van der Waals surface area contributed by atoms with Gasteiger partial charge >= 0.3 is 5.97 Å². The number of carbonyl (C=O) groups excluding carboxylic acids is 1. The second kappa shape index (κ2) is 11.5. The summed E-state index contributed by atoms with van der Waals surface area (Å²) in [5.74, 6) is -0.0764. The molecule has 0 aromatic carbocycles. The molecule has 3 heterocycles. The monoisotopic (exact) mass is 381 g/mol. The first-order valence-corrected chi connectivity index (χ1v) is 10.5. The Morgan fingerprint density at radius 2 is 1.68 bits per heavy atom. The minimum atomic E-state index is -0.132. The summed E-state index contributed by atoms with van der Waals surface area (Å²) in [6.07, 6.45) is 16.2. The van der Waals surface area contributed by atoms with E-state index in [0.717, 1.165) is 64.3 Å². The number of rotatable bonds is 10. The number of nitrogens with zero attached hydrogens (tertiary/aromatic N) is 2. The smallest absolute Gasteiger partial charge is 0.323 e. The molecule has 1 atom stereocenters. The summed E-state index contributed by atoms with van der Waals surface area (Å²) < 4.78 is 5.93. The van der Waals surface area contributed by atoms with E-state index in [1.807, 2.05) is 24.5 Å². The van der Waals surface area contributed by atoms with Gasteiger partial charge in [0.25, 0.3) is 0 Å². The number of aromatic nitrogens is 2. The Morgan fingerprint density at radius 1 is 1.04 bits per heavy atom. The van der Waals surface area contributed by atoms with E-state index < -0.39 is 0 Å². The lowest BCUT2D eigenvalue weighted by atomic mass is 10.0. The third-order valence-electron chi connectivity index (χ3n) is 5.31. The summed E-state index contributed by atoms with van der Waals surface area (Å²) in [5.41, 5.74) is 2.47. The Balaban J connectivity index is 1.49. The van der Waals surface area contributed by atoms with Gasteiger partial charge in [0.1, 0.15) is 12.1 Å². The first-order valence-electron chi connectivity index (χ1n) is 10.5. The van der Waals surface area contributed by atoms with Crippen LogP contribution >= 0.6 is 0 Å². The van der Waals surface area contributed by atoms with Gasteiger partial charge in [-0.05, 0) is 81.2 Å². The summed E-state index contributed by atoms with van der Waals surface area (Å²) >= 11 is 0. The van der Waals surface area contributed by atoms with E-state index in [0.29, 0.717) is 0 Å². The number of esters is 1. The molecule has 5 heteroatoms. The zero-order chi connectivity index (χ0) is 19.4. The van der Waals surface area contributed by atoms with Gasteiger partial charge in [-0.15, -0.1) is 0 Å². The highest BCUT2D eigenvalue weighted by molar-refractivity contribution is 5.76. The third kappa shape index (κ3) is 7.04. The number of hydrogen-bond acceptors (Lipinski definition) is 5. The van der Waals surface area contributed by atoms with Crippen LogP contribution < -0.4 is 5.32 Å². The Kier molecular flexibility index (Phi) is 8.44. The minimum absolute atomic E-state index is 0.0235. The number of piperidine rings is 1. The molecule has 0 unspecified atom stereocenters. The van der Waals surface area contributed by atoms with Gasteiger partial charge in [-0.3, -0.25) is 14.8 Å². The minimum Gasteiger partial charge on any atom is -0.461 e. The van der Waals surface area contributed by atoms with Crippen molar-refractivity contribution >= 4 is 5.97 Å². The molecule has 1 aliphatic heterocycles. The van der Waals surface area contributed by atoms with Gasteiger partial charge in [0.2, 0.25) is 0 Å². The van der Waals surface area contributed by atoms with Gasteiger partial charge in [0.15, 0.2) is 0 Å². The zero-order valence-electron chi connectivity index (χ0n) is 16.6. The summed E-state index contributed by atoms with van der Waals surface area (Å²) in [6, 6.07) is 8.00. The van der Waals surface area contributed by atoms with Gasteiger partial charge < -0.3 is 10.1 Å². The van der Waals surface area contributed by atoms with Gasteiger partial charge in [-0.1, -0.05) is 18.6 Å². The molecular formula is C23H31N3O2. The molecule has 1 aliphatic rings. The van der Waals surface area contributed by atoms with Crippen molar-refractivity contribution in [3.63, 3.8) is 0 Å². The molecule has 1 saturated heterocycles. The first kappa shape index (κ1) is 20.5. The highest BCUT2D eigenvalue weighted by Gasteiger charge is 2.24. The largest absolute Gasteiger partial charge is 0.461 e. The SMILES string of the molecule is O=C(OC(CCCc1cccnc1)CCCc1cccnc1)[C@@H]1CCCCN1. The first-order chi connectivity index (χ1) is 13.8. The van der Waals surface area contributed by atoms with Gasteiger partial charge in [0.05, 0.1) is 0 Å². The number of pyridine rings is 2. The van der Waals surface area contributed by atoms with Crippen molar-refractivity contribution in [2.24, 2.45) is 0 Å². The van der Waals surface area contributed by atoms with Crippen molar-refractivity contribution in [3.05, 3.63) is 60.2 Å². The zero-order valence-corrected chi connectivity index (χ0v) is 16.6. The lowest BCUT2D eigenvalue weighted by Gasteiger charge is -2.25. The molecule has 0 amide bonds. The quantitative estimate of drug-likeness (QED) is 0.633. The second-order valence-electron chi connectivity index (χ2n) is 7.57. The van der Waals surface area contributed by atoms with E-state index in [2.05, 4.69) is 27.4 Å². The van der Waals surface area contributed by atoms with Gasteiger partial charge in [-0.25, -0.2) is 0 Å². The van der Waals surface area contributed by atoms with Crippen LogP contribution in [0.4, 0.5) is 0 Å². The Morgan fingerprint density at radius 3 is 2.18 bits per heavy atom. The van der Waals surface area contributed by atoms with Gasteiger partial charge in [-0.2, -0.15) is 0 Å². The van der Waals surface area contributed by atoms with Crippen molar-refractivity contribution in [1.82, 2.24) is 15.3 Å². The van der Waals surface area contributed by atoms with E-state index in [-0.39, 0.29) is 18.1 Å². The fourth-order valence-electron chi connectivity index (χ4n) is 3.72. The maximum atomic E-state index is 12.6. The molecule has 150 valence electrons. The number of hydrogen-bond donors (Lipinski definition) is 1. The summed E-state index contributed by atoms with van der Waals surface area (Å²) in [6.45, 7) is 0.909. The second-order valence-corrected chi connectivity index (χ2v) is 7.57. The molecule has 5 nitrogen and oxygen atoms in total. The maximum Gasteiger partial charge on any atom is 0.323 e. The van der Waals surface area contributed by atoms with Crippen LogP contribution in [-0.4, -0.2) is 34.6 Å². The molecular weight excluding hydrogens is 350 g/mol. The highest BCUT2D eigenvalue weighted by Crippen LogP contribution is 2.17. The van der Waals surface area contributed by atoms with E-state index in [1.165, 1.54) is 11.1 Å². The van der Waals surface area contributed by atoms with Crippen LogP contribution in [0, 0.1) is 0 Å². The van der Waals surface area contributed by atoms with Crippen molar-refractivity contribution in [3.8, 4) is 0 Å². The van der Waals surface area contributed by atoms with Crippen LogP contribution in [0.3, 0.4) is 0 Å². The van der Waals surface area contributed by atoms with E-state index in [1.54, 1.807) is 12.4 Å². The molecule has 0 aliphatic carbocycles. The highest BCUT2D eigenvalue weighted by atomic mass is 16.5. The van der Waals surface area contributed by atoms with E-state index >= 15 is 0 Å². The van der Waals surface area contributed by atoms with Crippen LogP contribution in [0.2, 0.25) is 0 Å². The van der Waals surface area contributed by atoms with Crippen LogP contribution in [0.1, 0.15) is 56.1 Å². The van der Waals surface area contributed by atoms with Crippen LogP contribution in [0.15, 0.2) is 49.1 Å². The maximum absolute atomic E-state index is 12.6. The molecule has 2 aromatic heterocycles. The number of nitrogens with one attached hydrogen (secondary N) is 1. The predicted molar refractivity (Wildman–Crippen MR) is 110 cm³/mol. The van der Waals surface area contributed by atoms with Crippen LogP contribution in [-0.2, 0) is 22.4 Å². The number of aryl methyl sites for hydroxylation is 2. The van der Waals surface area contributed by atoms with Gasteiger partial charge in [0, 0.05) is 24.8 Å². The Bertz CT molecular complexity index is 642. The van der Waals surface area contributed by atoms with E-state index in [9.17, 15) is 4.79 Å². The Hall–Kier alpha value is -2.27. The number of ether oxygens (including phenoxy) is 1. The van der Waals surface area contributed by atoms with Crippen LogP contribution in [0.25, 0.3) is 0 Å². The lowest BCUT2D eigenvalue weighted by molar-refractivity contribution is -0.153. The van der Waals surface area contributed by atoms with Crippen molar-refractivity contribution < 1.29 is 9.53 Å². The predicted octanol–water partition coefficient (Wildman–Crippen LogP) is 3.88. The normalized spacial score (nSPS) is 16.8. The number of carbonyl (C=O) groups is 1. The summed E-state index contributed by atoms with van der Waals surface area (Å²) in [7, 11) is 0.